The predicted octanol–water partition coefficient (Wildman–Crippen LogP) is 1.87. The van der Waals surface area contributed by atoms with Crippen molar-refractivity contribution in [3.63, 3.8) is 0 Å². The van der Waals surface area contributed by atoms with Crippen LogP contribution in [0.3, 0.4) is 0 Å². The summed E-state index contributed by atoms with van der Waals surface area (Å²) in [4.78, 5) is 13.7. The third-order valence-corrected chi connectivity index (χ3v) is 3.16. The second kappa shape index (κ2) is 4.78. The quantitative estimate of drug-likeness (QED) is 0.621. The molecule has 1 amide bonds. The third-order valence-electron chi connectivity index (χ3n) is 2.84. The molecule has 2 N–H and O–H groups in total. The number of thiol groups is 1. The average Bonchev–Trinajstić information content (AvgIpc) is 2.28. The maximum Gasteiger partial charge on any atom is 0.227 e. The van der Waals surface area contributed by atoms with Gasteiger partial charge in [0.05, 0.1) is 0 Å². The fraction of sp³-hybridized carbons (Fsp3) is 0.417. The van der Waals surface area contributed by atoms with Crippen molar-refractivity contribution in [3.8, 4) is 0 Å². The predicted molar refractivity (Wildman–Crippen MR) is 70.0 cm³/mol. The van der Waals surface area contributed by atoms with Gasteiger partial charge in [-0.3, -0.25) is 4.79 Å². The zero-order valence-electron chi connectivity index (χ0n) is 9.15. The third kappa shape index (κ3) is 2.16. The number of carbonyl (C=O) groups is 1. The highest BCUT2D eigenvalue weighted by atomic mass is 32.1. The molecule has 0 radical (unpaired) electrons. The molecule has 1 aromatic carbocycles. The lowest BCUT2D eigenvalue weighted by atomic mass is 10.0. The summed E-state index contributed by atoms with van der Waals surface area (Å²) in [5, 5.41) is 0. The number of aryl methyl sites for hydroxylation is 1. The van der Waals surface area contributed by atoms with Crippen LogP contribution in [0.5, 0.6) is 0 Å². The lowest BCUT2D eigenvalue weighted by molar-refractivity contribution is -0.118. The van der Waals surface area contributed by atoms with Gasteiger partial charge in [0.1, 0.15) is 0 Å². The van der Waals surface area contributed by atoms with Gasteiger partial charge in [-0.1, -0.05) is 0 Å². The van der Waals surface area contributed by atoms with Crippen molar-refractivity contribution in [3.05, 3.63) is 23.8 Å². The number of fused-ring (bicyclic) bond motifs is 1. The van der Waals surface area contributed by atoms with Gasteiger partial charge in [-0.05, 0) is 42.4 Å². The molecule has 0 unspecified atom stereocenters. The van der Waals surface area contributed by atoms with Crippen LogP contribution in [-0.4, -0.2) is 18.2 Å². The van der Waals surface area contributed by atoms with Crippen LogP contribution in [0.2, 0.25) is 0 Å². The Balaban J connectivity index is 2.29. The number of hydrogen-bond acceptors (Lipinski definition) is 3. The number of amides is 1. The number of benzene rings is 1. The molecule has 3 nitrogen and oxygen atoms in total. The maximum atomic E-state index is 11.8. The highest BCUT2D eigenvalue weighted by Crippen LogP contribution is 2.29. The van der Waals surface area contributed by atoms with Crippen molar-refractivity contribution in [1.82, 2.24) is 0 Å². The van der Waals surface area contributed by atoms with E-state index in [2.05, 4.69) is 12.6 Å². The van der Waals surface area contributed by atoms with E-state index in [0.29, 0.717) is 6.42 Å². The Bertz CT molecular complexity index is 406. The first kappa shape index (κ1) is 11.3. The first-order valence-electron chi connectivity index (χ1n) is 5.52. The fourth-order valence-electron chi connectivity index (χ4n) is 2.05. The number of anilines is 2. The molecule has 0 aliphatic carbocycles. The van der Waals surface area contributed by atoms with Gasteiger partial charge in [-0.15, -0.1) is 0 Å². The summed E-state index contributed by atoms with van der Waals surface area (Å²) in [5.74, 6) is 1.01. The normalized spacial score (nSPS) is 15.1. The zero-order valence-corrected chi connectivity index (χ0v) is 10.0. The van der Waals surface area contributed by atoms with Crippen LogP contribution in [0.15, 0.2) is 18.2 Å². The van der Waals surface area contributed by atoms with Crippen molar-refractivity contribution in [2.24, 2.45) is 0 Å². The fourth-order valence-corrected chi connectivity index (χ4v) is 2.20. The van der Waals surface area contributed by atoms with Crippen LogP contribution in [0.1, 0.15) is 18.4 Å². The molecule has 0 aromatic heterocycles. The summed E-state index contributed by atoms with van der Waals surface area (Å²) in [6, 6.07) is 5.76. The van der Waals surface area contributed by atoms with Gasteiger partial charge < -0.3 is 10.6 Å². The molecule has 0 bridgehead atoms. The molecular weight excluding hydrogens is 220 g/mol. The minimum absolute atomic E-state index is 0.207. The molecule has 0 spiro atoms. The Morgan fingerprint density at radius 2 is 2.19 bits per heavy atom. The average molecular weight is 236 g/mol. The Kier molecular flexibility index (Phi) is 3.39. The number of nitrogen functional groups attached to an aromatic ring is 1. The number of nitrogens with two attached hydrogens (primary N) is 1. The molecule has 1 aromatic rings. The van der Waals surface area contributed by atoms with Crippen LogP contribution in [0, 0.1) is 0 Å². The number of hydrogen-bond donors (Lipinski definition) is 2. The molecule has 16 heavy (non-hydrogen) atoms. The number of carbonyl (C=O) groups excluding carboxylic acids is 1. The Morgan fingerprint density at radius 1 is 1.38 bits per heavy atom. The molecule has 0 atom stereocenters. The van der Waals surface area contributed by atoms with Gasteiger partial charge in [0, 0.05) is 24.3 Å². The summed E-state index contributed by atoms with van der Waals surface area (Å²) in [5.41, 5.74) is 8.71. The van der Waals surface area contributed by atoms with Crippen molar-refractivity contribution in [2.75, 3.05) is 22.9 Å². The molecule has 2 rings (SSSR count). The van der Waals surface area contributed by atoms with E-state index in [1.807, 2.05) is 23.1 Å². The van der Waals surface area contributed by atoms with Crippen LogP contribution in [-0.2, 0) is 11.2 Å². The highest BCUT2D eigenvalue weighted by molar-refractivity contribution is 7.80. The van der Waals surface area contributed by atoms with E-state index in [0.717, 1.165) is 36.5 Å². The minimum atomic E-state index is 0.207. The van der Waals surface area contributed by atoms with Gasteiger partial charge in [0.2, 0.25) is 5.91 Å². The minimum Gasteiger partial charge on any atom is -0.399 e. The molecule has 1 aliphatic rings. The van der Waals surface area contributed by atoms with Crippen molar-refractivity contribution in [2.45, 2.75) is 19.3 Å². The smallest absolute Gasteiger partial charge is 0.227 e. The van der Waals surface area contributed by atoms with E-state index < -0.39 is 0 Å². The number of rotatable bonds is 3. The maximum absolute atomic E-state index is 11.8. The first-order valence-corrected chi connectivity index (χ1v) is 6.15. The van der Waals surface area contributed by atoms with E-state index in [4.69, 9.17) is 5.73 Å². The van der Waals surface area contributed by atoms with Crippen molar-refractivity contribution in [1.29, 1.82) is 0 Å². The van der Waals surface area contributed by atoms with Crippen molar-refractivity contribution < 1.29 is 4.79 Å². The number of nitrogens with zero attached hydrogens (tertiary/aromatic N) is 1. The Labute approximate surface area is 101 Å². The Morgan fingerprint density at radius 3 is 2.94 bits per heavy atom. The Hall–Kier alpha value is -1.16. The molecule has 4 heteroatoms. The van der Waals surface area contributed by atoms with Crippen LogP contribution < -0.4 is 10.6 Å². The SMILES string of the molecule is Nc1ccc2c(c1)CCC(=O)N2CCCS. The van der Waals surface area contributed by atoms with Gasteiger partial charge >= 0.3 is 0 Å². The van der Waals surface area contributed by atoms with E-state index >= 15 is 0 Å². The standard InChI is InChI=1S/C12H16N2OS/c13-10-3-4-11-9(8-10)2-5-12(15)14(11)6-1-7-16/h3-4,8,16H,1-2,5-7,13H2. The van der Waals surface area contributed by atoms with Gasteiger partial charge in [0.25, 0.3) is 0 Å². The van der Waals surface area contributed by atoms with E-state index in [1.165, 1.54) is 5.56 Å². The topological polar surface area (TPSA) is 46.3 Å². The van der Waals surface area contributed by atoms with Gasteiger partial charge in [-0.2, -0.15) is 12.6 Å². The lowest BCUT2D eigenvalue weighted by Crippen LogP contribution is -2.36. The van der Waals surface area contributed by atoms with Crippen molar-refractivity contribution >= 4 is 29.9 Å². The molecule has 1 heterocycles. The van der Waals surface area contributed by atoms with Gasteiger partial charge in [-0.25, -0.2) is 0 Å². The summed E-state index contributed by atoms with van der Waals surface area (Å²) in [7, 11) is 0. The second-order valence-corrected chi connectivity index (χ2v) is 4.46. The summed E-state index contributed by atoms with van der Waals surface area (Å²) in [6.45, 7) is 0.749. The molecule has 0 saturated carbocycles. The highest BCUT2D eigenvalue weighted by Gasteiger charge is 2.23. The second-order valence-electron chi connectivity index (χ2n) is 4.01. The zero-order chi connectivity index (χ0) is 11.5. The summed E-state index contributed by atoms with van der Waals surface area (Å²) in [6.07, 6.45) is 2.30. The monoisotopic (exact) mass is 236 g/mol. The first-order chi connectivity index (χ1) is 7.72. The van der Waals surface area contributed by atoms with E-state index in [1.54, 1.807) is 0 Å². The summed E-state index contributed by atoms with van der Waals surface area (Å²) < 4.78 is 0. The molecule has 0 fully saturated rings. The molecule has 1 aliphatic heterocycles. The largest absolute Gasteiger partial charge is 0.399 e. The van der Waals surface area contributed by atoms with E-state index in [9.17, 15) is 4.79 Å². The summed E-state index contributed by atoms with van der Waals surface area (Å²) >= 11 is 4.18. The van der Waals surface area contributed by atoms with Crippen LogP contribution >= 0.6 is 12.6 Å². The van der Waals surface area contributed by atoms with Gasteiger partial charge in [0.15, 0.2) is 0 Å². The van der Waals surface area contributed by atoms with E-state index in [-0.39, 0.29) is 5.91 Å². The molecular formula is C12H16N2OS. The van der Waals surface area contributed by atoms with Crippen LogP contribution in [0.25, 0.3) is 0 Å². The molecule has 86 valence electrons. The lowest BCUT2D eigenvalue weighted by Gasteiger charge is -2.29. The molecule has 0 saturated heterocycles. The van der Waals surface area contributed by atoms with Crippen LogP contribution in [0.4, 0.5) is 11.4 Å².